The summed E-state index contributed by atoms with van der Waals surface area (Å²) in [5.74, 6) is 1.11. The van der Waals surface area contributed by atoms with E-state index in [0.29, 0.717) is 18.4 Å². The third kappa shape index (κ3) is 3.45. The SMILES string of the molecule is CCC1CC(CC)C(C(=O)OCOC)C1COC. The Bertz CT molecular complexity index is 254. The first-order valence-electron chi connectivity index (χ1n) is 6.83. The van der Waals surface area contributed by atoms with Crippen LogP contribution in [0.3, 0.4) is 0 Å². The van der Waals surface area contributed by atoms with Crippen molar-refractivity contribution >= 4 is 5.97 Å². The van der Waals surface area contributed by atoms with Gasteiger partial charge in [0.15, 0.2) is 6.79 Å². The number of hydrogen-bond acceptors (Lipinski definition) is 4. The molecular formula is C14H26O4. The van der Waals surface area contributed by atoms with Gasteiger partial charge in [-0.1, -0.05) is 26.7 Å². The highest BCUT2D eigenvalue weighted by molar-refractivity contribution is 5.73. The highest BCUT2D eigenvalue weighted by Gasteiger charge is 2.46. The molecule has 4 unspecified atom stereocenters. The summed E-state index contributed by atoms with van der Waals surface area (Å²) >= 11 is 0. The van der Waals surface area contributed by atoms with Crippen LogP contribution in [-0.2, 0) is 19.0 Å². The predicted molar refractivity (Wildman–Crippen MR) is 69.0 cm³/mol. The summed E-state index contributed by atoms with van der Waals surface area (Å²) < 4.78 is 15.3. The number of esters is 1. The Balaban J connectivity index is 2.76. The molecule has 4 atom stereocenters. The van der Waals surface area contributed by atoms with Gasteiger partial charge in [0.25, 0.3) is 0 Å². The van der Waals surface area contributed by atoms with Crippen molar-refractivity contribution in [1.29, 1.82) is 0 Å². The smallest absolute Gasteiger partial charge is 0.311 e. The van der Waals surface area contributed by atoms with Crippen molar-refractivity contribution in [2.24, 2.45) is 23.7 Å². The van der Waals surface area contributed by atoms with E-state index in [1.807, 2.05) is 0 Å². The summed E-state index contributed by atoms with van der Waals surface area (Å²) in [7, 11) is 3.23. The Morgan fingerprint density at radius 2 is 1.78 bits per heavy atom. The van der Waals surface area contributed by atoms with E-state index < -0.39 is 0 Å². The minimum Gasteiger partial charge on any atom is -0.438 e. The molecule has 0 N–H and O–H groups in total. The van der Waals surface area contributed by atoms with Crippen molar-refractivity contribution in [3.63, 3.8) is 0 Å². The lowest BCUT2D eigenvalue weighted by atomic mass is 9.86. The van der Waals surface area contributed by atoms with Gasteiger partial charge in [0.2, 0.25) is 0 Å². The normalized spacial score (nSPS) is 31.6. The largest absolute Gasteiger partial charge is 0.438 e. The van der Waals surface area contributed by atoms with E-state index in [0.717, 1.165) is 19.3 Å². The van der Waals surface area contributed by atoms with Gasteiger partial charge in [-0.2, -0.15) is 0 Å². The van der Waals surface area contributed by atoms with Gasteiger partial charge in [0.1, 0.15) is 0 Å². The van der Waals surface area contributed by atoms with Crippen LogP contribution in [0.2, 0.25) is 0 Å². The Labute approximate surface area is 110 Å². The molecule has 1 fully saturated rings. The summed E-state index contributed by atoms with van der Waals surface area (Å²) in [5, 5.41) is 0. The Morgan fingerprint density at radius 1 is 1.11 bits per heavy atom. The summed E-state index contributed by atoms with van der Waals surface area (Å²) in [6.07, 6.45) is 3.22. The molecule has 0 spiro atoms. The lowest BCUT2D eigenvalue weighted by Crippen LogP contribution is -2.31. The maximum Gasteiger partial charge on any atom is 0.311 e. The van der Waals surface area contributed by atoms with E-state index in [-0.39, 0.29) is 24.6 Å². The first-order chi connectivity index (χ1) is 8.69. The van der Waals surface area contributed by atoms with Crippen LogP contribution < -0.4 is 0 Å². The molecule has 1 aliphatic carbocycles. The molecule has 0 aromatic carbocycles. The average molecular weight is 258 g/mol. The minimum atomic E-state index is -0.123. The van der Waals surface area contributed by atoms with Crippen LogP contribution in [-0.4, -0.2) is 33.6 Å². The lowest BCUT2D eigenvalue weighted by molar-refractivity contribution is -0.163. The molecule has 4 nitrogen and oxygen atoms in total. The van der Waals surface area contributed by atoms with Crippen LogP contribution in [0, 0.1) is 23.7 Å². The van der Waals surface area contributed by atoms with Gasteiger partial charge in [0, 0.05) is 14.2 Å². The maximum absolute atomic E-state index is 12.2. The third-order valence-electron chi connectivity index (χ3n) is 4.18. The Hall–Kier alpha value is -0.610. The number of carbonyl (C=O) groups is 1. The van der Waals surface area contributed by atoms with Crippen LogP contribution in [0.1, 0.15) is 33.1 Å². The topological polar surface area (TPSA) is 44.8 Å². The zero-order chi connectivity index (χ0) is 13.5. The van der Waals surface area contributed by atoms with Crippen LogP contribution in [0.15, 0.2) is 0 Å². The third-order valence-corrected chi connectivity index (χ3v) is 4.18. The van der Waals surface area contributed by atoms with Crippen molar-refractivity contribution in [1.82, 2.24) is 0 Å². The fourth-order valence-electron chi connectivity index (χ4n) is 3.26. The first-order valence-corrected chi connectivity index (χ1v) is 6.83. The minimum absolute atomic E-state index is 0.0324. The predicted octanol–water partition coefficient (Wildman–Crippen LogP) is 2.47. The van der Waals surface area contributed by atoms with Gasteiger partial charge in [-0.25, -0.2) is 0 Å². The molecule has 0 bridgehead atoms. The van der Waals surface area contributed by atoms with Crippen LogP contribution in [0.5, 0.6) is 0 Å². The maximum atomic E-state index is 12.2. The Kier molecular flexibility index (Phi) is 6.65. The van der Waals surface area contributed by atoms with E-state index in [9.17, 15) is 4.79 Å². The number of hydrogen-bond donors (Lipinski definition) is 0. The molecule has 1 rings (SSSR count). The van der Waals surface area contributed by atoms with Crippen molar-refractivity contribution < 1.29 is 19.0 Å². The van der Waals surface area contributed by atoms with Crippen molar-refractivity contribution in [3.8, 4) is 0 Å². The molecule has 0 aromatic heterocycles. The summed E-state index contributed by atoms with van der Waals surface area (Å²) in [6, 6.07) is 0. The van der Waals surface area contributed by atoms with E-state index in [4.69, 9.17) is 14.2 Å². The second-order valence-electron chi connectivity index (χ2n) is 5.09. The fourth-order valence-corrected chi connectivity index (χ4v) is 3.26. The zero-order valence-electron chi connectivity index (χ0n) is 12.0. The van der Waals surface area contributed by atoms with Gasteiger partial charge >= 0.3 is 5.97 Å². The van der Waals surface area contributed by atoms with E-state index in [1.165, 1.54) is 7.11 Å². The summed E-state index contributed by atoms with van der Waals surface area (Å²) in [5.41, 5.74) is 0. The second-order valence-corrected chi connectivity index (χ2v) is 5.09. The molecule has 4 heteroatoms. The second kappa shape index (κ2) is 7.74. The molecule has 0 saturated heterocycles. The highest BCUT2D eigenvalue weighted by atomic mass is 16.7. The molecule has 0 aliphatic heterocycles. The molecule has 106 valence electrons. The van der Waals surface area contributed by atoms with Crippen molar-refractivity contribution in [2.45, 2.75) is 33.1 Å². The zero-order valence-corrected chi connectivity index (χ0v) is 12.0. The van der Waals surface area contributed by atoms with Crippen molar-refractivity contribution in [2.75, 3.05) is 27.6 Å². The summed E-state index contributed by atoms with van der Waals surface area (Å²) in [6.45, 7) is 5.01. The van der Waals surface area contributed by atoms with Gasteiger partial charge in [0.05, 0.1) is 12.5 Å². The summed E-state index contributed by atoms with van der Waals surface area (Å²) in [4.78, 5) is 12.2. The lowest BCUT2D eigenvalue weighted by Gasteiger charge is -2.24. The van der Waals surface area contributed by atoms with Gasteiger partial charge < -0.3 is 14.2 Å². The molecular weight excluding hydrogens is 232 g/mol. The molecule has 0 aromatic rings. The van der Waals surface area contributed by atoms with E-state index in [1.54, 1.807) is 7.11 Å². The van der Waals surface area contributed by atoms with E-state index in [2.05, 4.69) is 13.8 Å². The number of ether oxygens (including phenoxy) is 3. The van der Waals surface area contributed by atoms with Gasteiger partial charge in [-0.15, -0.1) is 0 Å². The van der Waals surface area contributed by atoms with Crippen LogP contribution >= 0.6 is 0 Å². The highest BCUT2D eigenvalue weighted by Crippen LogP contribution is 2.45. The van der Waals surface area contributed by atoms with Crippen LogP contribution in [0.25, 0.3) is 0 Å². The average Bonchev–Trinajstić information content (AvgIpc) is 2.74. The fraction of sp³-hybridized carbons (Fsp3) is 0.929. The number of carbonyl (C=O) groups excluding carboxylic acids is 1. The quantitative estimate of drug-likeness (QED) is 0.520. The molecule has 0 radical (unpaired) electrons. The van der Waals surface area contributed by atoms with E-state index >= 15 is 0 Å². The van der Waals surface area contributed by atoms with Crippen LogP contribution in [0.4, 0.5) is 0 Å². The first kappa shape index (κ1) is 15.4. The number of rotatable bonds is 7. The molecule has 1 saturated carbocycles. The monoisotopic (exact) mass is 258 g/mol. The molecule has 1 aliphatic rings. The number of methoxy groups -OCH3 is 2. The van der Waals surface area contributed by atoms with Gasteiger partial charge in [-0.05, 0) is 24.2 Å². The van der Waals surface area contributed by atoms with Gasteiger partial charge in [-0.3, -0.25) is 4.79 Å². The molecule has 0 heterocycles. The van der Waals surface area contributed by atoms with Crippen molar-refractivity contribution in [3.05, 3.63) is 0 Å². The standard InChI is InChI=1S/C14H26O4/c1-5-10-7-11(6-2)13(12(10)8-16-3)14(15)18-9-17-4/h10-13H,5-9H2,1-4H3. The molecule has 18 heavy (non-hydrogen) atoms. The Morgan fingerprint density at radius 3 is 2.28 bits per heavy atom. The molecule has 0 amide bonds.